The van der Waals surface area contributed by atoms with Gasteiger partial charge in [0.25, 0.3) is 5.56 Å². The van der Waals surface area contributed by atoms with Crippen LogP contribution in [0.25, 0.3) is 10.7 Å². The molecule has 6 nitrogen and oxygen atoms in total. The molecule has 0 saturated carbocycles. The second-order valence-corrected chi connectivity index (χ2v) is 6.48. The molecule has 21 heavy (non-hydrogen) atoms. The van der Waals surface area contributed by atoms with E-state index in [2.05, 4.69) is 48.3 Å². The van der Waals surface area contributed by atoms with Crippen molar-refractivity contribution in [1.82, 2.24) is 20.0 Å². The summed E-state index contributed by atoms with van der Waals surface area (Å²) in [6.45, 7) is 8.92. The van der Waals surface area contributed by atoms with E-state index < -0.39 is 0 Å². The highest BCUT2D eigenvalue weighted by atomic mass is 32.1. The van der Waals surface area contributed by atoms with Crippen LogP contribution in [0.1, 0.15) is 34.1 Å². The normalized spacial score (nSPS) is 12.6. The van der Waals surface area contributed by atoms with Crippen molar-refractivity contribution in [1.29, 1.82) is 0 Å². The molecule has 114 valence electrons. The maximum absolute atomic E-state index is 11.8. The Hall–Kier alpha value is -1.76. The number of rotatable bonds is 6. The lowest BCUT2D eigenvalue weighted by atomic mass is 10.2. The number of nitrogens with zero attached hydrogens (tertiary/aromatic N) is 4. The van der Waals surface area contributed by atoms with Crippen LogP contribution in [0.2, 0.25) is 0 Å². The van der Waals surface area contributed by atoms with Crippen molar-refractivity contribution in [3.8, 4) is 10.7 Å². The summed E-state index contributed by atoms with van der Waals surface area (Å²) in [7, 11) is 0. The van der Waals surface area contributed by atoms with E-state index in [1.54, 1.807) is 6.07 Å². The van der Waals surface area contributed by atoms with Gasteiger partial charge in [-0.05, 0) is 25.3 Å². The van der Waals surface area contributed by atoms with Crippen LogP contribution in [0.4, 0.5) is 5.13 Å². The predicted octanol–water partition coefficient (Wildman–Crippen LogP) is 2.63. The van der Waals surface area contributed by atoms with Gasteiger partial charge in [0, 0.05) is 18.7 Å². The Labute approximate surface area is 128 Å². The van der Waals surface area contributed by atoms with Crippen molar-refractivity contribution in [3.05, 3.63) is 22.5 Å². The SMILES string of the molecule is CCC(C)Nc1nnc(-c2ccc(=O)n(CC(C)C)n2)s1. The van der Waals surface area contributed by atoms with Gasteiger partial charge in [-0.15, -0.1) is 10.2 Å². The van der Waals surface area contributed by atoms with Crippen LogP contribution in [0.15, 0.2) is 16.9 Å². The molecular formula is C14H21N5OS. The standard InChI is InChI=1S/C14H21N5OS/c1-5-10(4)15-14-17-16-13(21-14)11-6-7-12(20)19(18-11)8-9(2)3/h6-7,9-10H,5,8H2,1-4H3,(H,15,17). The third-order valence-electron chi connectivity index (χ3n) is 3.03. The molecular weight excluding hydrogens is 286 g/mol. The Bertz CT molecular complexity index is 649. The predicted molar refractivity (Wildman–Crippen MR) is 85.6 cm³/mol. The topological polar surface area (TPSA) is 72.7 Å². The van der Waals surface area contributed by atoms with Gasteiger partial charge in [0.15, 0.2) is 5.01 Å². The lowest BCUT2D eigenvalue weighted by molar-refractivity contribution is 0.465. The molecule has 2 aromatic rings. The van der Waals surface area contributed by atoms with E-state index in [4.69, 9.17) is 0 Å². The molecule has 0 radical (unpaired) electrons. The van der Waals surface area contributed by atoms with Crippen LogP contribution in [0.3, 0.4) is 0 Å². The van der Waals surface area contributed by atoms with Gasteiger partial charge >= 0.3 is 0 Å². The first-order chi connectivity index (χ1) is 9.99. The third kappa shape index (κ3) is 4.10. The van der Waals surface area contributed by atoms with E-state index in [0.717, 1.165) is 16.6 Å². The van der Waals surface area contributed by atoms with Gasteiger partial charge in [0.1, 0.15) is 5.69 Å². The van der Waals surface area contributed by atoms with E-state index in [1.165, 1.54) is 22.1 Å². The minimum Gasteiger partial charge on any atom is -0.358 e. The number of aromatic nitrogens is 4. The molecule has 0 aliphatic heterocycles. The molecule has 0 amide bonds. The highest BCUT2D eigenvalue weighted by Gasteiger charge is 2.11. The molecule has 0 fully saturated rings. The number of hydrogen-bond acceptors (Lipinski definition) is 6. The first-order valence-electron chi connectivity index (χ1n) is 7.18. The van der Waals surface area contributed by atoms with Gasteiger partial charge < -0.3 is 5.32 Å². The Morgan fingerprint density at radius 1 is 1.29 bits per heavy atom. The van der Waals surface area contributed by atoms with Crippen LogP contribution < -0.4 is 10.9 Å². The largest absolute Gasteiger partial charge is 0.358 e. The van der Waals surface area contributed by atoms with Crippen molar-refractivity contribution in [2.24, 2.45) is 5.92 Å². The van der Waals surface area contributed by atoms with Gasteiger partial charge in [-0.25, -0.2) is 4.68 Å². The maximum Gasteiger partial charge on any atom is 0.266 e. The van der Waals surface area contributed by atoms with Crippen LogP contribution in [-0.4, -0.2) is 26.0 Å². The van der Waals surface area contributed by atoms with Gasteiger partial charge in [-0.3, -0.25) is 4.79 Å². The fourth-order valence-electron chi connectivity index (χ4n) is 1.74. The zero-order chi connectivity index (χ0) is 15.4. The molecule has 1 atom stereocenters. The Balaban J connectivity index is 2.24. The van der Waals surface area contributed by atoms with Crippen LogP contribution in [0.5, 0.6) is 0 Å². The lowest BCUT2D eigenvalue weighted by Crippen LogP contribution is -2.24. The summed E-state index contributed by atoms with van der Waals surface area (Å²) in [6, 6.07) is 3.59. The zero-order valence-electron chi connectivity index (χ0n) is 12.8. The van der Waals surface area contributed by atoms with Gasteiger partial charge in [0.05, 0.1) is 0 Å². The van der Waals surface area contributed by atoms with E-state index in [0.29, 0.717) is 24.2 Å². The molecule has 0 aromatic carbocycles. The molecule has 1 unspecified atom stereocenters. The Morgan fingerprint density at radius 2 is 2.05 bits per heavy atom. The second kappa shape index (κ2) is 6.80. The van der Waals surface area contributed by atoms with Crippen molar-refractivity contribution >= 4 is 16.5 Å². The smallest absolute Gasteiger partial charge is 0.266 e. The van der Waals surface area contributed by atoms with E-state index in [-0.39, 0.29) is 5.56 Å². The van der Waals surface area contributed by atoms with E-state index >= 15 is 0 Å². The average molecular weight is 307 g/mol. The van der Waals surface area contributed by atoms with Gasteiger partial charge in [-0.1, -0.05) is 32.1 Å². The molecule has 0 aliphatic rings. The fraction of sp³-hybridized carbons (Fsp3) is 0.571. The summed E-state index contributed by atoms with van der Waals surface area (Å²) >= 11 is 1.45. The van der Waals surface area contributed by atoms with Crippen LogP contribution in [0, 0.1) is 5.92 Å². The maximum atomic E-state index is 11.8. The third-order valence-corrected chi connectivity index (χ3v) is 3.91. The zero-order valence-corrected chi connectivity index (χ0v) is 13.6. The van der Waals surface area contributed by atoms with E-state index in [9.17, 15) is 4.79 Å². The molecule has 0 bridgehead atoms. The van der Waals surface area contributed by atoms with Crippen molar-refractivity contribution in [2.45, 2.75) is 46.7 Å². The van der Waals surface area contributed by atoms with Crippen molar-refractivity contribution in [2.75, 3.05) is 5.32 Å². The first kappa shape index (κ1) is 15.6. The summed E-state index contributed by atoms with van der Waals surface area (Å²) in [5.41, 5.74) is 0.597. The van der Waals surface area contributed by atoms with Crippen molar-refractivity contribution in [3.63, 3.8) is 0 Å². The number of nitrogens with one attached hydrogen (secondary N) is 1. The van der Waals surface area contributed by atoms with E-state index in [1.807, 2.05) is 0 Å². The molecule has 0 saturated heterocycles. The molecule has 2 aromatic heterocycles. The molecule has 0 spiro atoms. The summed E-state index contributed by atoms with van der Waals surface area (Å²) in [6.07, 6.45) is 1.02. The lowest BCUT2D eigenvalue weighted by Gasteiger charge is -2.08. The number of anilines is 1. The highest BCUT2D eigenvalue weighted by molar-refractivity contribution is 7.18. The minimum absolute atomic E-state index is 0.0880. The van der Waals surface area contributed by atoms with Crippen LogP contribution >= 0.6 is 11.3 Å². The number of hydrogen-bond donors (Lipinski definition) is 1. The summed E-state index contributed by atoms with van der Waals surface area (Å²) in [5.74, 6) is 0.363. The highest BCUT2D eigenvalue weighted by Crippen LogP contribution is 2.24. The summed E-state index contributed by atoms with van der Waals surface area (Å²) < 4.78 is 1.49. The van der Waals surface area contributed by atoms with Gasteiger partial charge in [0.2, 0.25) is 5.13 Å². The summed E-state index contributed by atoms with van der Waals surface area (Å²) in [4.78, 5) is 11.8. The van der Waals surface area contributed by atoms with Crippen LogP contribution in [-0.2, 0) is 6.54 Å². The summed E-state index contributed by atoms with van der Waals surface area (Å²) in [5, 5.41) is 17.4. The van der Waals surface area contributed by atoms with Gasteiger partial charge in [-0.2, -0.15) is 5.10 Å². The average Bonchev–Trinajstić information content (AvgIpc) is 2.89. The quantitative estimate of drug-likeness (QED) is 0.888. The molecule has 0 aliphatic carbocycles. The fourth-order valence-corrected chi connectivity index (χ4v) is 2.56. The molecule has 2 rings (SSSR count). The minimum atomic E-state index is -0.0880. The molecule has 1 N–H and O–H groups in total. The Morgan fingerprint density at radius 3 is 2.71 bits per heavy atom. The monoisotopic (exact) mass is 307 g/mol. The second-order valence-electron chi connectivity index (χ2n) is 5.50. The first-order valence-corrected chi connectivity index (χ1v) is 7.99. The Kier molecular flexibility index (Phi) is 5.06. The molecule has 2 heterocycles. The molecule has 7 heteroatoms. The van der Waals surface area contributed by atoms with Crippen molar-refractivity contribution < 1.29 is 0 Å².